The van der Waals surface area contributed by atoms with Crippen molar-refractivity contribution in [3.63, 3.8) is 0 Å². The molecule has 0 unspecified atom stereocenters. The Labute approximate surface area is 347 Å². The lowest BCUT2D eigenvalue weighted by Crippen LogP contribution is -2.44. The van der Waals surface area contributed by atoms with Crippen molar-refractivity contribution in [2.24, 2.45) is 0 Å². The van der Waals surface area contributed by atoms with Crippen LogP contribution in [0.1, 0.15) is 60.8 Å². The van der Waals surface area contributed by atoms with Gasteiger partial charge in [0.25, 0.3) is 0 Å². The van der Waals surface area contributed by atoms with E-state index in [4.69, 9.17) is 14.2 Å². The number of sulfonamides is 1. The van der Waals surface area contributed by atoms with Crippen LogP contribution in [0.4, 0.5) is 21.9 Å². The highest BCUT2D eigenvalue weighted by Crippen LogP contribution is 2.40. The van der Waals surface area contributed by atoms with Gasteiger partial charge in [-0.05, 0) is 79.0 Å². The molecule has 59 heavy (non-hydrogen) atoms. The molecule has 2 heterocycles. The first-order valence-corrected chi connectivity index (χ1v) is 21.5. The van der Waals surface area contributed by atoms with Crippen molar-refractivity contribution in [2.45, 2.75) is 45.4 Å². The molecule has 0 spiro atoms. The maximum Gasteiger partial charge on any atom is 0.323 e. The zero-order valence-electron chi connectivity index (χ0n) is 34.8. The fourth-order valence-corrected chi connectivity index (χ4v) is 7.64. The van der Waals surface area contributed by atoms with Gasteiger partial charge in [-0.1, -0.05) is 51.1 Å². The number of methoxy groups -OCH3 is 2. The molecule has 1 aliphatic heterocycles. The molecule has 0 bridgehead atoms. The SMILES string of the molecule is COc1cc(Cc2cc(Oc3ccc(NC(=O)Nc4cc(C(C)(C)C)cc(NS(C)(=O)=O)c4OC)c4ccccc34)ccn2)ccc1C(=O)CCCN1CCN(C)CC1. The summed E-state index contributed by atoms with van der Waals surface area (Å²) in [6.07, 6.45) is 4.53. The summed E-state index contributed by atoms with van der Waals surface area (Å²) in [4.78, 5) is 36.0. The van der Waals surface area contributed by atoms with Crippen molar-refractivity contribution in [3.8, 4) is 23.0 Å². The first-order valence-electron chi connectivity index (χ1n) is 19.6. The Morgan fingerprint density at radius 1 is 0.814 bits per heavy atom. The molecule has 1 aliphatic rings. The van der Waals surface area contributed by atoms with E-state index < -0.39 is 16.1 Å². The topological polar surface area (TPSA) is 151 Å². The number of pyridine rings is 1. The highest BCUT2D eigenvalue weighted by molar-refractivity contribution is 7.92. The lowest BCUT2D eigenvalue weighted by molar-refractivity contribution is 0.0964. The number of rotatable bonds is 15. The van der Waals surface area contributed by atoms with E-state index in [0.717, 1.165) is 73.0 Å². The van der Waals surface area contributed by atoms with Gasteiger partial charge in [0.2, 0.25) is 10.0 Å². The predicted octanol–water partition coefficient (Wildman–Crippen LogP) is 8.16. The number of nitrogens with one attached hydrogen (secondary N) is 3. The van der Waals surface area contributed by atoms with Crippen molar-refractivity contribution in [1.82, 2.24) is 14.8 Å². The Hall–Kier alpha value is -5.70. The molecule has 312 valence electrons. The van der Waals surface area contributed by atoms with E-state index in [1.165, 1.54) is 7.11 Å². The third kappa shape index (κ3) is 11.3. The molecule has 0 radical (unpaired) electrons. The van der Waals surface area contributed by atoms with Gasteiger partial charge in [-0.15, -0.1) is 0 Å². The standard InChI is InChI=1S/C45H54N6O7S/c1-45(2,3)31-27-38(43(57-6)39(28-31)49-59(7,54)55)48-44(53)47-37-16-17-41(35-12-9-8-11-34(35)37)58-33-18-19-46-32(29-33)25-30-14-15-36(42(26-30)56-5)40(52)13-10-20-51-23-21-50(4)22-24-51/h8-9,11-12,14-19,26-29,49H,10,13,20-25H2,1-7H3,(H2,47,48,53). The Kier molecular flexibility index (Phi) is 13.4. The number of urea groups is 1. The normalized spacial score (nSPS) is 13.8. The van der Waals surface area contributed by atoms with E-state index in [9.17, 15) is 18.0 Å². The second kappa shape index (κ2) is 18.5. The number of carbonyl (C=O) groups is 2. The molecule has 5 aromatic rings. The zero-order chi connectivity index (χ0) is 42.3. The van der Waals surface area contributed by atoms with E-state index in [0.29, 0.717) is 47.0 Å². The highest BCUT2D eigenvalue weighted by Gasteiger charge is 2.23. The van der Waals surface area contributed by atoms with Crippen LogP contribution in [0.2, 0.25) is 0 Å². The Morgan fingerprint density at radius 3 is 2.22 bits per heavy atom. The third-order valence-corrected chi connectivity index (χ3v) is 10.9. The number of nitrogens with zero attached hydrogens (tertiary/aromatic N) is 3. The average Bonchev–Trinajstić information content (AvgIpc) is 3.18. The van der Waals surface area contributed by atoms with Gasteiger partial charge in [-0.25, -0.2) is 13.2 Å². The van der Waals surface area contributed by atoms with Crippen molar-refractivity contribution >= 4 is 49.7 Å². The van der Waals surface area contributed by atoms with Crippen LogP contribution >= 0.6 is 0 Å². The molecular weight excluding hydrogens is 769 g/mol. The number of ether oxygens (including phenoxy) is 3. The van der Waals surface area contributed by atoms with Crippen LogP contribution in [0, 0.1) is 0 Å². The molecule has 13 nitrogen and oxygen atoms in total. The number of likely N-dealkylation sites (N-methyl/N-ethyl adjacent to an activating group) is 1. The van der Waals surface area contributed by atoms with Gasteiger partial charge in [-0.2, -0.15) is 0 Å². The largest absolute Gasteiger partial charge is 0.496 e. The summed E-state index contributed by atoms with van der Waals surface area (Å²) in [5, 5.41) is 7.30. The lowest BCUT2D eigenvalue weighted by Gasteiger charge is -2.32. The van der Waals surface area contributed by atoms with E-state index in [1.807, 2.05) is 69.3 Å². The maximum atomic E-state index is 13.5. The van der Waals surface area contributed by atoms with Gasteiger partial charge >= 0.3 is 6.03 Å². The number of hydrogen-bond acceptors (Lipinski definition) is 10. The van der Waals surface area contributed by atoms with E-state index in [-0.39, 0.29) is 22.6 Å². The van der Waals surface area contributed by atoms with E-state index >= 15 is 0 Å². The number of hydrogen-bond donors (Lipinski definition) is 3. The minimum absolute atomic E-state index is 0.0781. The van der Waals surface area contributed by atoms with Crippen LogP contribution in [0.15, 0.2) is 85.1 Å². The summed E-state index contributed by atoms with van der Waals surface area (Å²) < 4.78 is 44.5. The number of Topliss-reactive ketones (excluding diaryl/α,β-unsaturated/α-hetero) is 1. The van der Waals surface area contributed by atoms with Crippen molar-refractivity contribution in [1.29, 1.82) is 0 Å². The highest BCUT2D eigenvalue weighted by atomic mass is 32.2. The molecule has 1 aromatic heterocycles. The Balaban J connectivity index is 1.14. The number of carbonyl (C=O) groups excluding carboxylic acids is 2. The van der Waals surface area contributed by atoms with E-state index in [1.54, 1.807) is 43.6 Å². The monoisotopic (exact) mass is 822 g/mol. The molecule has 0 saturated carbocycles. The molecule has 2 amide bonds. The number of piperazine rings is 1. The summed E-state index contributed by atoms with van der Waals surface area (Å²) in [5.41, 5.74) is 3.80. The molecule has 6 rings (SSSR count). The number of amides is 2. The molecular formula is C45H54N6O7S. The first-order chi connectivity index (χ1) is 28.1. The van der Waals surface area contributed by atoms with Crippen LogP contribution in [-0.2, 0) is 21.9 Å². The minimum atomic E-state index is -3.64. The second-order valence-corrected chi connectivity index (χ2v) is 17.7. The summed E-state index contributed by atoms with van der Waals surface area (Å²) in [6, 6.07) is 23.4. The lowest BCUT2D eigenvalue weighted by atomic mass is 9.86. The van der Waals surface area contributed by atoms with Crippen molar-refractivity contribution < 1.29 is 32.2 Å². The predicted molar refractivity (Wildman–Crippen MR) is 234 cm³/mol. The second-order valence-electron chi connectivity index (χ2n) is 15.9. The van der Waals surface area contributed by atoms with Gasteiger partial charge < -0.3 is 34.6 Å². The summed E-state index contributed by atoms with van der Waals surface area (Å²) >= 11 is 0. The summed E-state index contributed by atoms with van der Waals surface area (Å²) in [5.74, 6) is 1.98. The molecule has 0 atom stereocenters. The van der Waals surface area contributed by atoms with Gasteiger partial charge in [0.1, 0.15) is 17.2 Å². The average molecular weight is 823 g/mol. The van der Waals surface area contributed by atoms with Gasteiger partial charge in [0.05, 0.1) is 43.1 Å². The van der Waals surface area contributed by atoms with Gasteiger partial charge in [0, 0.05) is 67.8 Å². The van der Waals surface area contributed by atoms with Crippen LogP contribution in [0.5, 0.6) is 23.0 Å². The maximum absolute atomic E-state index is 13.5. The van der Waals surface area contributed by atoms with Crippen LogP contribution in [-0.4, -0.2) is 95.3 Å². The van der Waals surface area contributed by atoms with Crippen molar-refractivity contribution in [2.75, 3.05) is 75.6 Å². The molecule has 0 aliphatic carbocycles. The molecule has 1 fully saturated rings. The number of aromatic nitrogens is 1. The number of ketones is 1. The molecule has 4 aromatic carbocycles. The van der Waals surface area contributed by atoms with E-state index in [2.05, 4.69) is 37.2 Å². The summed E-state index contributed by atoms with van der Waals surface area (Å²) in [6.45, 7) is 11.1. The van der Waals surface area contributed by atoms with Crippen LogP contribution < -0.4 is 29.6 Å². The molecule has 14 heteroatoms. The first kappa shape index (κ1) is 42.9. The Morgan fingerprint density at radius 2 is 1.53 bits per heavy atom. The minimum Gasteiger partial charge on any atom is -0.496 e. The van der Waals surface area contributed by atoms with Crippen LogP contribution in [0.3, 0.4) is 0 Å². The van der Waals surface area contributed by atoms with Gasteiger partial charge in [0.15, 0.2) is 11.5 Å². The number of fused-ring (bicyclic) bond motifs is 1. The number of benzene rings is 4. The molecule has 3 N–H and O–H groups in total. The quantitative estimate of drug-likeness (QED) is 0.0883. The van der Waals surface area contributed by atoms with Gasteiger partial charge in [-0.3, -0.25) is 14.5 Å². The zero-order valence-corrected chi connectivity index (χ0v) is 35.7. The fraction of sp³-hybridized carbons (Fsp3) is 0.356. The summed E-state index contributed by atoms with van der Waals surface area (Å²) in [7, 11) is 1.50. The van der Waals surface area contributed by atoms with Crippen molar-refractivity contribution in [3.05, 3.63) is 107 Å². The van der Waals surface area contributed by atoms with Crippen LogP contribution in [0.25, 0.3) is 10.8 Å². The number of anilines is 3. The Bertz CT molecular complexity index is 2420. The fourth-order valence-electron chi connectivity index (χ4n) is 7.09. The third-order valence-electron chi connectivity index (χ3n) is 10.3. The smallest absolute Gasteiger partial charge is 0.323 e. The molecule has 1 saturated heterocycles.